The molecule has 0 N–H and O–H groups in total. The van der Waals surface area contributed by atoms with E-state index < -0.39 is 0 Å². The largest absolute Gasteiger partial charge is 0.447 e. The zero-order chi connectivity index (χ0) is 20.0. The summed E-state index contributed by atoms with van der Waals surface area (Å²) in [6.45, 7) is 2.83. The van der Waals surface area contributed by atoms with Gasteiger partial charge in [-0.25, -0.2) is 18.9 Å². The summed E-state index contributed by atoms with van der Waals surface area (Å²) < 4.78 is 21.1. The average Bonchev–Trinajstić information content (AvgIpc) is 3.45. The number of oxazole rings is 1. The number of nitrogens with zero attached hydrogens (tertiary/aromatic N) is 5. The molecule has 1 atom stereocenters. The summed E-state index contributed by atoms with van der Waals surface area (Å²) in [7, 11) is 0. The maximum absolute atomic E-state index is 14.3. The summed E-state index contributed by atoms with van der Waals surface area (Å²) in [6.07, 6.45) is 4.73. The van der Waals surface area contributed by atoms with Crippen LogP contribution >= 0.6 is 0 Å². The number of benzene rings is 2. The van der Waals surface area contributed by atoms with E-state index in [1.54, 1.807) is 45.1 Å². The second-order valence-corrected chi connectivity index (χ2v) is 7.01. The van der Waals surface area contributed by atoms with Gasteiger partial charge in [-0.05, 0) is 31.2 Å². The number of carbonyl (C=O) groups excluding carboxylic acids is 1. The van der Waals surface area contributed by atoms with Crippen LogP contribution in [0.4, 0.5) is 14.9 Å². The predicted octanol–water partition coefficient (Wildman–Crippen LogP) is 3.98. The first-order valence-corrected chi connectivity index (χ1v) is 9.31. The van der Waals surface area contributed by atoms with Crippen molar-refractivity contribution in [3.05, 3.63) is 72.8 Å². The van der Waals surface area contributed by atoms with Crippen LogP contribution in [0.3, 0.4) is 0 Å². The van der Waals surface area contributed by atoms with Crippen LogP contribution in [0.2, 0.25) is 0 Å². The van der Waals surface area contributed by atoms with E-state index in [4.69, 9.17) is 4.42 Å². The van der Waals surface area contributed by atoms with Crippen molar-refractivity contribution in [2.75, 3.05) is 11.4 Å². The number of para-hydroxylation sites is 1. The first-order valence-electron chi connectivity index (χ1n) is 9.31. The van der Waals surface area contributed by atoms with Crippen molar-refractivity contribution in [2.45, 2.75) is 19.5 Å². The van der Waals surface area contributed by atoms with Gasteiger partial charge in [-0.2, -0.15) is 5.10 Å². The lowest BCUT2D eigenvalue weighted by Gasteiger charge is -2.19. The fourth-order valence-corrected chi connectivity index (χ4v) is 3.77. The highest BCUT2D eigenvalue weighted by molar-refractivity contribution is 6.03. The standard InChI is InChI=1S/C21H18FN5O2/c1-14-12-26(21(28)25(14)13-20-23-9-10-29-20)17-7-4-8-18-15(17)11-24-27(18)19-6-3-2-5-16(19)22/h2-11,14H,12-13H2,1H3/t14-/m0/s1. The van der Waals surface area contributed by atoms with Crippen LogP contribution in [-0.2, 0) is 6.54 Å². The molecule has 7 nitrogen and oxygen atoms in total. The lowest BCUT2D eigenvalue weighted by molar-refractivity contribution is 0.199. The molecule has 2 aromatic carbocycles. The molecule has 2 amide bonds. The van der Waals surface area contributed by atoms with E-state index in [9.17, 15) is 9.18 Å². The van der Waals surface area contributed by atoms with Crippen molar-refractivity contribution < 1.29 is 13.6 Å². The van der Waals surface area contributed by atoms with Crippen LogP contribution in [-0.4, -0.2) is 38.3 Å². The molecule has 146 valence electrons. The van der Waals surface area contributed by atoms with E-state index in [1.165, 1.54) is 12.3 Å². The number of amides is 2. The molecule has 4 aromatic rings. The van der Waals surface area contributed by atoms with E-state index >= 15 is 0 Å². The molecular formula is C21H18FN5O2. The third-order valence-corrected chi connectivity index (χ3v) is 5.21. The van der Waals surface area contributed by atoms with Gasteiger partial charge in [0.05, 0.1) is 30.1 Å². The van der Waals surface area contributed by atoms with Gasteiger partial charge in [-0.3, -0.25) is 4.90 Å². The first-order chi connectivity index (χ1) is 14.1. The van der Waals surface area contributed by atoms with Crippen LogP contribution < -0.4 is 4.90 Å². The Balaban J connectivity index is 1.53. The Hall–Kier alpha value is -3.68. The van der Waals surface area contributed by atoms with Gasteiger partial charge in [0.15, 0.2) is 0 Å². The Labute approximate surface area is 166 Å². The van der Waals surface area contributed by atoms with E-state index in [0.29, 0.717) is 24.7 Å². The van der Waals surface area contributed by atoms with Crippen molar-refractivity contribution in [3.8, 4) is 5.69 Å². The SMILES string of the molecule is C[C@H]1CN(c2cccc3c2cnn3-c2ccccc2F)C(=O)N1Cc1ncco1. The third-order valence-electron chi connectivity index (χ3n) is 5.21. The predicted molar refractivity (Wildman–Crippen MR) is 105 cm³/mol. The fourth-order valence-electron chi connectivity index (χ4n) is 3.77. The molecule has 3 heterocycles. The Morgan fingerprint density at radius 3 is 2.79 bits per heavy atom. The minimum absolute atomic E-state index is 0.00808. The van der Waals surface area contributed by atoms with E-state index in [0.717, 1.165) is 16.6 Å². The van der Waals surface area contributed by atoms with Crippen molar-refractivity contribution in [2.24, 2.45) is 0 Å². The second-order valence-electron chi connectivity index (χ2n) is 7.01. The molecule has 0 radical (unpaired) electrons. The number of carbonyl (C=O) groups is 1. The lowest BCUT2D eigenvalue weighted by Crippen LogP contribution is -2.33. The van der Waals surface area contributed by atoms with Gasteiger partial charge in [0.2, 0.25) is 5.89 Å². The maximum atomic E-state index is 14.3. The molecule has 2 aromatic heterocycles. The van der Waals surface area contributed by atoms with E-state index in [1.807, 2.05) is 25.1 Å². The molecule has 0 spiro atoms. The molecule has 29 heavy (non-hydrogen) atoms. The quantitative estimate of drug-likeness (QED) is 0.528. The molecule has 8 heteroatoms. The lowest BCUT2D eigenvalue weighted by atomic mass is 10.2. The van der Waals surface area contributed by atoms with Gasteiger partial charge in [-0.15, -0.1) is 0 Å². The highest BCUT2D eigenvalue weighted by atomic mass is 19.1. The molecule has 0 unspecified atom stereocenters. The molecule has 0 aliphatic carbocycles. The van der Waals surface area contributed by atoms with Gasteiger partial charge in [0.1, 0.15) is 17.8 Å². The number of urea groups is 1. The summed E-state index contributed by atoms with van der Waals surface area (Å²) >= 11 is 0. The highest BCUT2D eigenvalue weighted by Gasteiger charge is 2.37. The van der Waals surface area contributed by atoms with Crippen LogP contribution in [0.15, 0.2) is 65.5 Å². The molecule has 1 aliphatic rings. The first kappa shape index (κ1) is 17.4. The van der Waals surface area contributed by atoms with Gasteiger partial charge in [-0.1, -0.05) is 18.2 Å². The van der Waals surface area contributed by atoms with Crippen LogP contribution in [0.5, 0.6) is 0 Å². The number of anilines is 1. The topological polar surface area (TPSA) is 67.4 Å². The average molecular weight is 391 g/mol. The van der Waals surface area contributed by atoms with Crippen LogP contribution in [0.1, 0.15) is 12.8 Å². The summed E-state index contributed by atoms with van der Waals surface area (Å²) in [5.41, 5.74) is 1.85. The monoisotopic (exact) mass is 391 g/mol. The van der Waals surface area contributed by atoms with Crippen molar-refractivity contribution in [3.63, 3.8) is 0 Å². The molecule has 0 bridgehead atoms. The molecule has 1 saturated heterocycles. The molecule has 0 saturated carbocycles. The second kappa shape index (κ2) is 6.73. The number of rotatable bonds is 4. The van der Waals surface area contributed by atoms with E-state index in [-0.39, 0.29) is 17.9 Å². The fraction of sp³-hybridized carbons (Fsp3) is 0.190. The zero-order valence-electron chi connectivity index (χ0n) is 15.7. The van der Waals surface area contributed by atoms with Crippen molar-refractivity contribution in [1.82, 2.24) is 19.7 Å². The van der Waals surface area contributed by atoms with Crippen LogP contribution in [0, 0.1) is 5.82 Å². The normalized spacial score (nSPS) is 16.9. The summed E-state index contributed by atoms with van der Waals surface area (Å²) in [5.74, 6) is 0.142. The Bertz CT molecular complexity index is 1190. The summed E-state index contributed by atoms with van der Waals surface area (Å²) in [6, 6.07) is 12.0. The Morgan fingerprint density at radius 1 is 1.17 bits per heavy atom. The smallest absolute Gasteiger partial charge is 0.325 e. The van der Waals surface area contributed by atoms with Gasteiger partial charge < -0.3 is 9.32 Å². The Morgan fingerprint density at radius 2 is 2.00 bits per heavy atom. The van der Waals surface area contributed by atoms with Crippen LogP contribution in [0.25, 0.3) is 16.6 Å². The number of halogens is 1. The Kier molecular flexibility index (Phi) is 4.04. The number of hydrogen-bond acceptors (Lipinski definition) is 4. The third kappa shape index (κ3) is 2.84. The van der Waals surface area contributed by atoms with E-state index in [2.05, 4.69) is 10.1 Å². The molecule has 1 aliphatic heterocycles. The molecule has 5 rings (SSSR count). The summed E-state index contributed by atoms with van der Waals surface area (Å²) in [4.78, 5) is 20.7. The highest BCUT2D eigenvalue weighted by Crippen LogP contribution is 2.32. The summed E-state index contributed by atoms with van der Waals surface area (Å²) in [5, 5.41) is 5.17. The van der Waals surface area contributed by atoms with Gasteiger partial charge in [0, 0.05) is 18.0 Å². The zero-order valence-corrected chi connectivity index (χ0v) is 15.7. The number of fused-ring (bicyclic) bond motifs is 1. The maximum Gasteiger partial charge on any atom is 0.325 e. The van der Waals surface area contributed by atoms with Gasteiger partial charge in [0.25, 0.3) is 0 Å². The molecule has 1 fully saturated rings. The minimum atomic E-state index is -0.356. The minimum Gasteiger partial charge on any atom is -0.447 e. The number of hydrogen-bond donors (Lipinski definition) is 0. The van der Waals surface area contributed by atoms with Crippen molar-refractivity contribution in [1.29, 1.82) is 0 Å². The van der Waals surface area contributed by atoms with Gasteiger partial charge >= 0.3 is 6.03 Å². The number of aromatic nitrogens is 3. The van der Waals surface area contributed by atoms with Crippen molar-refractivity contribution >= 4 is 22.6 Å². The molecular weight excluding hydrogens is 373 g/mol.